The minimum Gasteiger partial charge on any atom is -0.361 e. The van der Waals surface area contributed by atoms with Crippen LogP contribution in [0, 0.1) is 13.8 Å². The molecule has 0 aliphatic heterocycles. The summed E-state index contributed by atoms with van der Waals surface area (Å²) in [6, 6.07) is 14.0. The monoisotopic (exact) mass is 307 g/mol. The number of nitrogens with one attached hydrogen (secondary N) is 3. The van der Waals surface area contributed by atoms with E-state index >= 15 is 0 Å². The van der Waals surface area contributed by atoms with Crippen molar-refractivity contribution in [2.75, 3.05) is 11.9 Å². The van der Waals surface area contributed by atoms with Gasteiger partial charge in [-0.3, -0.25) is 0 Å². The molecule has 3 rings (SSSR count). The van der Waals surface area contributed by atoms with Crippen LogP contribution >= 0.6 is 0 Å². The number of para-hydroxylation sites is 1. The lowest BCUT2D eigenvalue weighted by Crippen LogP contribution is -2.30. The molecule has 0 spiro atoms. The molecule has 0 bridgehead atoms. The number of aryl methyl sites for hydroxylation is 2. The zero-order valence-electron chi connectivity index (χ0n) is 13.4. The van der Waals surface area contributed by atoms with Crippen molar-refractivity contribution >= 4 is 22.6 Å². The first-order chi connectivity index (χ1) is 11.1. The van der Waals surface area contributed by atoms with Gasteiger partial charge in [-0.1, -0.05) is 35.9 Å². The largest absolute Gasteiger partial charge is 0.361 e. The normalized spacial score (nSPS) is 10.7. The maximum Gasteiger partial charge on any atom is 0.319 e. The molecular formula is C19H21N3O. The number of anilines is 1. The number of aromatic amines is 1. The lowest BCUT2D eigenvalue weighted by Gasteiger charge is -2.10. The molecule has 1 aromatic heterocycles. The Morgan fingerprint density at radius 3 is 2.78 bits per heavy atom. The third kappa shape index (κ3) is 3.54. The van der Waals surface area contributed by atoms with Gasteiger partial charge in [-0.25, -0.2) is 4.79 Å². The second-order valence-electron chi connectivity index (χ2n) is 5.81. The summed E-state index contributed by atoms with van der Waals surface area (Å²) in [6.07, 6.45) is 2.80. The molecule has 0 atom stereocenters. The fourth-order valence-corrected chi connectivity index (χ4v) is 2.77. The Morgan fingerprint density at radius 2 is 1.96 bits per heavy atom. The maximum absolute atomic E-state index is 12.0. The minimum absolute atomic E-state index is 0.170. The number of urea groups is 1. The molecule has 0 saturated carbocycles. The molecule has 0 fully saturated rings. The van der Waals surface area contributed by atoms with E-state index in [1.807, 2.05) is 44.3 Å². The van der Waals surface area contributed by atoms with E-state index in [2.05, 4.69) is 33.8 Å². The topological polar surface area (TPSA) is 56.9 Å². The van der Waals surface area contributed by atoms with E-state index in [1.165, 1.54) is 16.5 Å². The highest BCUT2D eigenvalue weighted by atomic mass is 16.2. The average molecular weight is 307 g/mol. The van der Waals surface area contributed by atoms with E-state index in [1.54, 1.807) is 0 Å². The van der Waals surface area contributed by atoms with Crippen LogP contribution in [0.25, 0.3) is 10.9 Å². The van der Waals surface area contributed by atoms with Crippen LogP contribution in [-0.2, 0) is 6.42 Å². The standard InChI is InChI=1S/C19H21N3O/c1-13-7-8-17(14(2)11-13)22-19(23)20-10-9-15-12-21-18-6-4-3-5-16(15)18/h3-8,11-12,21H,9-10H2,1-2H3,(H2,20,22,23). The van der Waals surface area contributed by atoms with Gasteiger partial charge in [0.2, 0.25) is 0 Å². The van der Waals surface area contributed by atoms with Gasteiger partial charge in [-0.05, 0) is 43.5 Å². The summed E-state index contributed by atoms with van der Waals surface area (Å²) < 4.78 is 0. The summed E-state index contributed by atoms with van der Waals surface area (Å²) in [5, 5.41) is 7.02. The molecule has 1 heterocycles. The Balaban J connectivity index is 1.55. The number of amides is 2. The van der Waals surface area contributed by atoms with Crippen molar-refractivity contribution in [3.05, 3.63) is 65.4 Å². The van der Waals surface area contributed by atoms with Gasteiger partial charge in [0.15, 0.2) is 0 Å². The van der Waals surface area contributed by atoms with Crippen LogP contribution in [0.2, 0.25) is 0 Å². The quantitative estimate of drug-likeness (QED) is 0.666. The Labute approximate surface area is 135 Å². The van der Waals surface area contributed by atoms with E-state index in [4.69, 9.17) is 0 Å². The number of aromatic nitrogens is 1. The second kappa shape index (κ2) is 6.57. The van der Waals surface area contributed by atoms with E-state index in [0.717, 1.165) is 23.2 Å². The lowest BCUT2D eigenvalue weighted by atomic mass is 10.1. The Morgan fingerprint density at radius 1 is 1.13 bits per heavy atom. The van der Waals surface area contributed by atoms with Gasteiger partial charge in [0.05, 0.1) is 0 Å². The summed E-state index contributed by atoms with van der Waals surface area (Å²) in [7, 11) is 0. The molecule has 2 aromatic carbocycles. The van der Waals surface area contributed by atoms with Crippen LogP contribution in [0.15, 0.2) is 48.7 Å². The van der Waals surface area contributed by atoms with Crippen LogP contribution in [0.1, 0.15) is 16.7 Å². The van der Waals surface area contributed by atoms with Gasteiger partial charge in [-0.2, -0.15) is 0 Å². The summed E-state index contributed by atoms with van der Waals surface area (Å²) in [5.74, 6) is 0. The molecular weight excluding hydrogens is 286 g/mol. The van der Waals surface area contributed by atoms with Gasteiger partial charge in [0.25, 0.3) is 0 Å². The predicted octanol–water partition coefficient (Wildman–Crippen LogP) is 4.15. The predicted molar refractivity (Wildman–Crippen MR) is 94.9 cm³/mol. The fraction of sp³-hybridized carbons (Fsp3) is 0.211. The van der Waals surface area contributed by atoms with Crippen molar-refractivity contribution in [1.82, 2.24) is 10.3 Å². The van der Waals surface area contributed by atoms with E-state index in [0.29, 0.717) is 6.54 Å². The number of H-pyrrole nitrogens is 1. The van der Waals surface area contributed by atoms with Crippen LogP contribution in [0.3, 0.4) is 0 Å². The van der Waals surface area contributed by atoms with Gasteiger partial charge in [0, 0.05) is 29.3 Å². The molecule has 23 heavy (non-hydrogen) atoms. The zero-order valence-corrected chi connectivity index (χ0v) is 13.4. The zero-order chi connectivity index (χ0) is 16.2. The fourth-order valence-electron chi connectivity index (χ4n) is 2.77. The van der Waals surface area contributed by atoms with E-state index < -0.39 is 0 Å². The second-order valence-corrected chi connectivity index (χ2v) is 5.81. The number of carbonyl (C=O) groups excluding carboxylic acids is 1. The van der Waals surface area contributed by atoms with Crippen LogP contribution in [0.5, 0.6) is 0 Å². The van der Waals surface area contributed by atoms with Gasteiger partial charge in [-0.15, -0.1) is 0 Å². The van der Waals surface area contributed by atoms with Crippen LogP contribution < -0.4 is 10.6 Å². The SMILES string of the molecule is Cc1ccc(NC(=O)NCCc2c[nH]c3ccccc23)c(C)c1. The first kappa shape index (κ1) is 15.2. The van der Waals surface area contributed by atoms with Crippen molar-refractivity contribution in [1.29, 1.82) is 0 Å². The number of hydrogen-bond donors (Lipinski definition) is 3. The summed E-state index contributed by atoms with van der Waals surface area (Å²) in [4.78, 5) is 15.3. The highest BCUT2D eigenvalue weighted by Gasteiger charge is 2.06. The summed E-state index contributed by atoms with van der Waals surface area (Å²) in [6.45, 7) is 4.63. The first-order valence-electron chi connectivity index (χ1n) is 7.80. The molecule has 0 radical (unpaired) electrons. The Hall–Kier alpha value is -2.75. The molecule has 4 nitrogen and oxygen atoms in total. The minimum atomic E-state index is -0.170. The molecule has 3 aromatic rings. The van der Waals surface area contributed by atoms with Gasteiger partial charge < -0.3 is 15.6 Å². The molecule has 0 unspecified atom stereocenters. The van der Waals surface area contributed by atoms with Crippen LogP contribution in [0.4, 0.5) is 10.5 Å². The van der Waals surface area contributed by atoms with Crippen molar-refractivity contribution in [3.8, 4) is 0 Å². The van der Waals surface area contributed by atoms with E-state index in [-0.39, 0.29) is 6.03 Å². The summed E-state index contributed by atoms with van der Waals surface area (Å²) in [5.41, 5.74) is 5.44. The molecule has 118 valence electrons. The van der Waals surface area contributed by atoms with Crippen molar-refractivity contribution in [2.24, 2.45) is 0 Å². The van der Waals surface area contributed by atoms with Gasteiger partial charge >= 0.3 is 6.03 Å². The number of rotatable bonds is 4. The Bertz CT molecular complexity index is 836. The lowest BCUT2D eigenvalue weighted by molar-refractivity contribution is 0.252. The van der Waals surface area contributed by atoms with E-state index in [9.17, 15) is 4.79 Å². The molecule has 2 amide bonds. The van der Waals surface area contributed by atoms with Crippen molar-refractivity contribution in [3.63, 3.8) is 0 Å². The average Bonchev–Trinajstić information content (AvgIpc) is 2.94. The third-order valence-corrected chi connectivity index (χ3v) is 3.98. The highest BCUT2D eigenvalue weighted by Crippen LogP contribution is 2.18. The molecule has 0 aliphatic carbocycles. The number of hydrogen-bond acceptors (Lipinski definition) is 1. The third-order valence-electron chi connectivity index (χ3n) is 3.98. The number of carbonyl (C=O) groups is 1. The molecule has 3 N–H and O–H groups in total. The maximum atomic E-state index is 12.0. The Kier molecular flexibility index (Phi) is 4.33. The molecule has 4 heteroatoms. The molecule has 0 saturated heterocycles. The van der Waals surface area contributed by atoms with Gasteiger partial charge in [0.1, 0.15) is 0 Å². The highest BCUT2D eigenvalue weighted by molar-refractivity contribution is 5.90. The smallest absolute Gasteiger partial charge is 0.319 e. The number of fused-ring (bicyclic) bond motifs is 1. The molecule has 0 aliphatic rings. The number of benzene rings is 2. The van der Waals surface area contributed by atoms with Crippen LogP contribution in [-0.4, -0.2) is 17.6 Å². The van der Waals surface area contributed by atoms with Crippen molar-refractivity contribution in [2.45, 2.75) is 20.3 Å². The summed E-state index contributed by atoms with van der Waals surface area (Å²) >= 11 is 0. The van der Waals surface area contributed by atoms with Crippen molar-refractivity contribution < 1.29 is 4.79 Å². The first-order valence-corrected chi connectivity index (χ1v) is 7.80.